The van der Waals surface area contributed by atoms with Gasteiger partial charge >= 0.3 is 0 Å². The quantitative estimate of drug-likeness (QED) is 0.922. The molecule has 0 bridgehead atoms. The maximum absolute atomic E-state index is 4.34. The molecule has 18 heavy (non-hydrogen) atoms. The Hall–Kier alpha value is -1.23. The van der Waals surface area contributed by atoms with E-state index in [0.717, 1.165) is 28.3 Å². The predicted molar refractivity (Wildman–Crippen MR) is 77.1 cm³/mol. The highest BCUT2D eigenvalue weighted by molar-refractivity contribution is 7.13. The molecule has 2 rings (SSSR count). The Kier molecular flexibility index (Phi) is 3.52. The van der Waals surface area contributed by atoms with Gasteiger partial charge in [0.1, 0.15) is 17.0 Å². The molecule has 0 saturated carbocycles. The number of fused-ring (bicyclic) bond motifs is 1. The van der Waals surface area contributed by atoms with Crippen LogP contribution in [0.15, 0.2) is 6.33 Å². The van der Waals surface area contributed by atoms with E-state index in [1.54, 1.807) is 6.33 Å². The molecule has 1 unspecified atom stereocenters. The summed E-state index contributed by atoms with van der Waals surface area (Å²) in [5.74, 6) is 1.47. The third-order valence-electron chi connectivity index (χ3n) is 3.50. The van der Waals surface area contributed by atoms with Crippen LogP contribution in [0, 0.1) is 18.3 Å². The smallest absolute Gasteiger partial charge is 0.149 e. The molecule has 0 spiro atoms. The molecule has 4 nitrogen and oxygen atoms in total. The van der Waals surface area contributed by atoms with Crippen LogP contribution in [0.2, 0.25) is 0 Å². The van der Waals surface area contributed by atoms with Crippen LogP contribution in [-0.4, -0.2) is 20.9 Å². The van der Waals surface area contributed by atoms with E-state index in [1.807, 2.05) is 6.92 Å². The predicted octanol–water partition coefficient (Wildman–Crippen LogP) is 3.49. The van der Waals surface area contributed by atoms with Crippen LogP contribution in [-0.2, 0) is 0 Å². The second kappa shape index (κ2) is 4.80. The van der Waals surface area contributed by atoms with Crippen molar-refractivity contribution in [2.75, 3.05) is 11.9 Å². The van der Waals surface area contributed by atoms with Crippen molar-refractivity contribution >= 4 is 27.6 Å². The summed E-state index contributed by atoms with van der Waals surface area (Å²) in [5, 5.41) is 4.50. The van der Waals surface area contributed by atoms with Crippen LogP contribution < -0.4 is 5.32 Å². The van der Waals surface area contributed by atoms with E-state index in [0.29, 0.717) is 11.3 Å². The van der Waals surface area contributed by atoms with Crippen molar-refractivity contribution in [1.29, 1.82) is 0 Å². The Balaban J connectivity index is 2.20. The average molecular weight is 264 g/mol. The monoisotopic (exact) mass is 264 g/mol. The highest BCUT2D eigenvalue weighted by Crippen LogP contribution is 2.28. The number of aryl methyl sites for hydroxylation is 1. The number of aromatic nitrogens is 3. The molecule has 1 N–H and O–H groups in total. The van der Waals surface area contributed by atoms with Gasteiger partial charge in [0.05, 0.1) is 11.1 Å². The molecule has 0 aliphatic carbocycles. The molecule has 0 saturated heterocycles. The molecule has 0 aromatic carbocycles. The molecule has 0 amide bonds. The highest BCUT2D eigenvalue weighted by Gasteiger charge is 2.20. The van der Waals surface area contributed by atoms with E-state index < -0.39 is 0 Å². The fourth-order valence-corrected chi connectivity index (χ4v) is 2.36. The van der Waals surface area contributed by atoms with Gasteiger partial charge in [0.2, 0.25) is 0 Å². The van der Waals surface area contributed by atoms with Crippen LogP contribution in [0.5, 0.6) is 0 Å². The molecular weight excluding hydrogens is 244 g/mol. The van der Waals surface area contributed by atoms with Crippen molar-refractivity contribution in [2.45, 2.75) is 34.6 Å². The van der Waals surface area contributed by atoms with Crippen LogP contribution in [0.1, 0.15) is 33.4 Å². The summed E-state index contributed by atoms with van der Waals surface area (Å²) < 4.78 is 4.33. The van der Waals surface area contributed by atoms with E-state index in [4.69, 9.17) is 0 Å². The number of rotatable bonds is 3. The third kappa shape index (κ3) is 2.61. The topological polar surface area (TPSA) is 50.7 Å². The van der Waals surface area contributed by atoms with Gasteiger partial charge in [0.15, 0.2) is 0 Å². The van der Waals surface area contributed by atoms with Crippen molar-refractivity contribution in [2.24, 2.45) is 11.3 Å². The first-order chi connectivity index (χ1) is 8.39. The van der Waals surface area contributed by atoms with Crippen LogP contribution >= 0.6 is 11.5 Å². The summed E-state index contributed by atoms with van der Waals surface area (Å²) in [6.07, 6.45) is 1.60. The summed E-state index contributed by atoms with van der Waals surface area (Å²) in [6, 6.07) is 0. The fraction of sp³-hybridized carbons (Fsp3) is 0.615. The Morgan fingerprint density at radius 3 is 2.72 bits per heavy atom. The van der Waals surface area contributed by atoms with Gasteiger partial charge < -0.3 is 5.32 Å². The third-order valence-corrected chi connectivity index (χ3v) is 4.35. The summed E-state index contributed by atoms with van der Waals surface area (Å²) in [4.78, 5) is 9.53. The molecule has 0 aliphatic heterocycles. The van der Waals surface area contributed by atoms with Crippen molar-refractivity contribution in [3.05, 3.63) is 12.0 Å². The van der Waals surface area contributed by atoms with Crippen LogP contribution in [0.4, 0.5) is 5.82 Å². The first-order valence-electron chi connectivity index (χ1n) is 6.20. The number of nitrogens with zero attached hydrogens (tertiary/aromatic N) is 3. The lowest BCUT2D eigenvalue weighted by molar-refractivity contribution is 0.274. The standard InChI is InChI=1S/C13H20N4S/c1-8(13(3,4)5)6-14-11-10-9(2)17-18-12(10)16-7-15-11/h7-8H,6H2,1-5H3,(H,14,15,16). The van der Waals surface area contributed by atoms with E-state index in [9.17, 15) is 0 Å². The largest absolute Gasteiger partial charge is 0.369 e. The van der Waals surface area contributed by atoms with E-state index in [1.165, 1.54) is 11.5 Å². The summed E-state index contributed by atoms with van der Waals surface area (Å²) in [5.41, 5.74) is 1.29. The van der Waals surface area contributed by atoms with Crippen molar-refractivity contribution in [1.82, 2.24) is 14.3 Å². The normalized spacial score (nSPS) is 13.8. The molecule has 2 aromatic heterocycles. The van der Waals surface area contributed by atoms with E-state index in [-0.39, 0.29) is 0 Å². The summed E-state index contributed by atoms with van der Waals surface area (Å²) in [6.45, 7) is 11.9. The lowest BCUT2D eigenvalue weighted by atomic mass is 9.82. The Labute approximate surface area is 112 Å². The lowest BCUT2D eigenvalue weighted by Crippen LogP contribution is -2.25. The maximum Gasteiger partial charge on any atom is 0.149 e. The molecule has 1 atom stereocenters. The van der Waals surface area contributed by atoms with Gasteiger partial charge in [-0.1, -0.05) is 27.7 Å². The van der Waals surface area contributed by atoms with E-state index >= 15 is 0 Å². The number of nitrogens with one attached hydrogen (secondary N) is 1. The average Bonchev–Trinajstić information content (AvgIpc) is 2.67. The van der Waals surface area contributed by atoms with Crippen molar-refractivity contribution in [3.8, 4) is 0 Å². The second-order valence-electron chi connectivity index (χ2n) is 5.82. The molecule has 98 valence electrons. The zero-order chi connectivity index (χ0) is 13.3. The minimum Gasteiger partial charge on any atom is -0.369 e. The fourth-order valence-electron chi connectivity index (χ4n) is 1.61. The Bertz CT molecular complexity index is 541. The molecule has 5 heteroatoms. The zero-order valence-corrected chi connectivity index (χ0v) is 12.4. The highest BCUT2D eigenvalue weighted by atomic mass is 32.1. The van der Waals surface area contributed by atoms with Crippen LogP contribution in [0.25, 0.3) is 10.2 Å². The van der Waals surface area contributed by atoms with Crippen molar-refractivity contribution < 1.29 is 0 Å². The molecular formula is C13H20N4S. The number of anilines is 1. The lowest BCUT2D eigenvalue weighted by Gasteiger charge is -2.27. The Morgan fingerprint density at radius 1 is 1.33 bits per heavy atom. The van der Waals surface area contributed by atoms with Crippen molar-refractivity contribution in [3.63, 3.8) is 0 Å². The SMILES string of the molecule is Cc1nsc2ncnc(NCC(C)C(C)(C)C)c12. The van der Waals surface area contributed by atoms with Gasteiger partial charge in [0, 0.05) is 6.54 Å². The molecule has 0 aliphatic rings. The van der Waals surface area contributed by atoms with Gasteiger partial charge in [0.25, 0.3) is 0 Å². The Morgan fingerprint density at radius 2 is 2.06 bits per heavy atom. The minimum absolute atomic E-state index is 0.293. The summed E-state index contributed by atoms with van der Waals surface area (Å²) >= 11 is 1.43. The van der Waals surface area contributed by atoms with Gasteiger partial charge in [-0.2, -0.15) is 4.37 Å². The van der Waals surface area contributed by atoms with Gasteiger partial charge in [-0.05, 0) is 29.8 Å². The molecule has 2 aromatic rings. The van der Waals surface area contributed by atoms with Crippen LogP contribution in [0.3, 0.4) is 0 Å². The number of hydrogen-bond donors (Lipinski definition) is 1. The van der Waals surface area contributed by atoms with Gasteiger partial charge in [-0.3, -0.25) is 0 Å². The maximum atomic E-state index is 4.34. The first kappa shape index (κ1) is 13.2. The number of hydrogen-bond acceptors (Lipinski definition) is 5. The molecule has 0 radical (unpaired) electrons. The zero-order valence-electron chi connectivity index (χ0n) is 11.6. The first-order valence-corrected chi connectivity index (χ1v) is 6.98. The van der Waals surface area contributed by atoms with Gasteiger partial charge in [-0.15, -0.1) is 0 Å². The molecule has 0 fully saturated rings. The van der Waals surface area contributed by atoms with Gasteiger partial charge in [-0.25, -0.2) is 9.97 Å². The van der Waals surface area contributed by atoms with E-state index in [2.05, 4.69) is 47.4 Å². The second-order valence-corrected chi connectivity index (χ2v) is 6.57. The minimum atomic E-state index is 0.293. The molecule has 2 heterocycles. The summed E-state index contributed by atoms with van der Waals surface area (Å²) in [7, 11) is 0.